The topological polar surface area (TPSA) is 68.2 Å². The summed E-state index contributed by atoms with van der Waals surface area (Å²) in [6, 6.07) is 9.08. The fraction of sp³-hybridized carbons (Fsp3) is 0.118. The second-order valence-corrected chi connectivity index (χ2v) is 5.17. The lowest BCUT2D eigenvalue weighted by Gasteiger charge is -2.11. The highest BCUT2D eigenvalue weighted by Gasteiger charge is 2.35. The molecule has 1 heterocycles. The zero-order valence-corrected chi connectivity index (χ0v) is 13.3. The quantitative estimate of drug-likeness (QED) is 0.436. The Hall–Kier alpha value is -3.43. The Bertz CT molecular complexity index is 883. The molecule has 0 aliphatic carbocycles. The van der Waals surface area contributed by atoms with Crippen LogP contribution in [0.1, 0.15) is 26.3 Å². The highest BCUT2D eigenvalue weighted by atomic mass is 19.3. The highest BCUT2D eigenvalue weighted by molar-refractivity contribution is 6.21. The summed E-state index contributed by atoms with van der Waals surface area (Å²) in [6.45, 7) is -6.39. The van der Waals surface area contributed by atoms with E-state index in [0.29, 0.717) is 5.01 Å². The number of carbonyl (C=O) groups excluding carboxylic acids is 2. The van der Waals surface area contributed by atoms with Gasteiger partial charge in [-0.25, -0.2) is 0 Å². The van der Waals surface area contributed by atoms with Gasteiger partial charge >= 0.3 is 13.2 Å². The minimum atomic E-state index is -3.24. The molecule has 0 saturated carbocycles. The first kappa shape index (κ1) is 18.4. The van der Waals surface area contributed by atoms with Crippen molar-refractivity contribution in [2.75, 3.05) is 0 Å². The van der Waals surface area contributed by atoms with E-state index in [1.807, 2.05) is 0 Å². The first-order chi connectivity index (χ1) is 12.9. The van der Waals surface area contributed by atoms with Crippen LogP contribution < -0.4 is 9.47 Å². The Balaban J connectivity index is 1.88. The summed E-state index contributed by atoms with van der Waals surface area (Å²) in [4.78, 5) is 24.4. The minimum absolute atomic E-state index is 0.0755. The molecule has 3 rings (SSSR count). The van der Waals surface area contributed by atoms with Crippen molar-refractivity contribution in [3.05, 3.63) is 59.2 Å². The van der Waals surface area contributed by atoms with E-state index in [9.17, 15) is 27.2 Å². The van der Waals surface area contributed by atoms with Gasteiger partial charge in [0.1, 0.15) is 11.5 Å². The minimum Gasteiger partial charge on any atom is -0.435 e. The molecule has 0 atom stereocenters. The number of fused-ring (bicyclic) bond motifs is 1. The summed E-state index contributed by atoms with van der Waals surface area (Å²) in [5.74, 6) is -2.27. The monoisotopic (exact) mass is 382 g/mol. The van der Waals surface area contributed by atoms with E-state index < -0.39 is 36.5 Å². The largest absolute Gasteiger partial charge is 0.435 e. The average molecular weight is 382 g/mol. The maximum Gasteiger partial charge on any atom is 0.387 e. The van der Waals surface area contributed by atoms with Crippen LogP contribution >= 0.6 is 0 Å². The van der Waals surface area contributed by atoms with E-state index in [1.54, 1.807) is 12.1 Å². The molecule has 2 aromatic carbocycles. The third-order valence-corrected chi connectivity index (χ3v) is 3.51. The van der Waals surface area contributed by atoms with E-state index in [4.69, 9.17) is 0 Å². The van der Waals surface area contributed by atoms with E-state index in [2.05, 4.69) is 14.6 Å². The second kappa shape index (κ2) is 7.44. The number of rotatable bonds is 6. The molecule has 0 aromatic heterocycles. The fourth-order valence-electron chi connectivity index (χ4n) is 2.40. The molecular weight excluding hydrogens is 372 g/mol. The van der Waals surface area contributed by atoms with Gasteiger partial charge in [-0.2, -0.15) is 27.7 Å². The van der Waals surface area contributed by atoms with Gasteiger partial charge in [-0.3, -0.25) is 9.59 Å². The second-order valence-electron chi connectivity index (χ2n) is 5.17. The summed E-state index contributed by atoms with van der Waals surface area (Å²) in [6.07, 6.45) is 0.936. The van der Waals surface area contributed by atoms with Crippen LogP contribution in [0.4, 0.5) is 17.6 Å². The molecule has 0 saturated heterocycles. The maximum atomic E-state index is 12.6. The molecule has 27 heavy (non-hydrogen) atoms. The molecule has 0 fully saturated rings. The predicted octanol–water partition coefficient (Wildman–Crippen LogP) is 3.52. The molecule has 2 amide bonds. The first-order valence-electron chi connectivity index (χ1n) is 7.42. The molecule has 10 heteroatoms. The molecule has 0 spiro atoms. The van der Waals surface area contributed by atoms with Crippen molar-refractivity contribution < 1.29 is 36.6 Å². The van der Waals surface area contributed by atoms with Gasteiger partial charge in [0, 0.05) is 11.6 Å². The average Bonchev–Trinajstić information content (AvgIpc) is 2.85. The Labute approximate surface area is 149 Å². The van der Waals surface area contributed by atoms with Gasteiger partial charge in [-0.1, -0.05) is 12.1 Å². The summed E-state index contributed by atoms with van der Waals surface area (Å²) in [7, 11) is 0. The van der Waals surface area contributed by atoms with Gasteiger partial charge in [0.2, 0.25) is 0 Å². The molecule has 0 N–H and O–H groups in total. The maximum absolute atomic E-state index is 12.6. The third-order valence-electron chi connectivity index (χ3n) is 3.51. The van der Waals surface area contributed by atoms with Crippen LogP contribution in [0.15, 0.2) is 47.6 Å². The molecule has 0 bridgehead atoms. The highest BCUT2D eigenvalue weighted by Crippen LogP contribution is 2.27. The number of imide groups is 1. The number of alkyl halides is 4. The number of ether oxygens (including phenoxy) is 2. The predicted molar refractivity (Wildman–Crippen MR) is 84.2 cm³/mol. The number of benzene rings is 2. The third kappa shape index (κ3) is 3.89. The lowest BCUT2D eigenvalue weighted by molar-refractivity contribution is -0.0543. The van der Waals surface area contributed by atoms with Crippen molar-refractivity contribution >= 4 is 18.0 Å². The fourth-order valence-corrected chi connectivity index (χ4v) is 2.40. The Morgan fingerprint density at radius 1 is 0.889 bits per heavy atom. The molecule has 140 valence electrons. The number of carbonyl (C=O) groups is 2. The summed E-state index contributed by atoms with van der Waals surface area (Å²) < 4.78 is 58.0. The molecule has 1 aliphatic heterocycles. The molecule has 1 aliphatic rings. The van der Waals surface area contributed by atoms with E-state index >= 15 is 0 Å². The Kier molecular flexibility index (Phi) is 5.06. The zero-order valence-electron chi connectivity index (χ0n) is 13.3. The summed E-state index contributed by atoms with van der Waals surface area (Å²) in [5, 5.41) is 4.29. The number of nitrogens with zero attached hydrogens (tertiary/aromatic N) is 2. The smallest absolute Gasteiger partial charge is 0.387 e. The van der Waals surface area contributed by atoms with Crippen LogP contribution in [0.3, 0.4) is 0 Å². The van der Waals surface area contributed by atoms with Gasteiger partial charge in [-0.05, 0) is 24.3 Å². The van der Waals surface area contributed by atoms with Crippen molar-refractivity contribution in [2.45, 2.75) is 13.2 Å². The number of hydrazone groups is 1. The lowest BCUT2D eigenvalue weighted by atomic mass is 10.1. The van der Waals surface area contributed by atoms with Crippen molar-refractivity contribution in [1.29, 1.82) is 0 Å². The molecule has 0 radical (unpaired) electrons. The van der Waals surface area contributed by atoms with E-state index in [1.165, 1.54) is 12.1 Å². The Morgan fingerprint density at radius 2 is 1.48 bits per heavy atom. The van der Waals surface area contributed by atoms with Gasteiger partial charge in [-0.15, -0.1) is 0 Å². The number of halogens is 4. The molecule has 2 aromatic rings. The Morgan fingerprint density at radius 3 is 2.04 bits per heavy atom. The van der Waals surface area contributed by atoms with Gasteiger partial charge < -0.3 is 9.47 Å². The van der Waals surface area contributed by atoms with E-state index in [0.717, 1.165) is 24.4 Å². The van der Waals surface area contributed by atoms with Crippen LogP contribution in [-0.4, -0.2) is 36.3 Å². The zero-order chi connectivity index (χ0) is 19.6. The van der Waals surface area contributed by atoms with Crippen LogP contribution in [0.2, 0.25) is 0 Å². The van der Waals surface area contributed by atoms with Crippen LogP contribution in [0.5, 0.6) is 11.5 Å². The lowest BCUT2D eigenvalue weighted by Crippen LogP contribution is -2.24. The van der Waals surface area contributed by atoms with Crippen molar-refractivity contribution in [3.63, 3.8) is 0 Å². The van der Waals surface area contributed by atoms with Crippen LogP contribution in [0, 0.1) is 0 Å². The van der Waals surface area contributed by atoms with Gasteiger partial charge in [0.15, 0.2) is 0 Å². The first-order valence-corrected chi connectivity index (χ1v) is 7.42. The van der Waals surface area contributed by atoms with Crippen LogP contribution in [-0.2, 0) is 0 Å². The number of hydrogen-bond acceptors (Lipinski definition) is 5. The van der Waals surface area contributed by atoms with Crippen molar-refractivity contribution in [3.8, 4) is 11.5 Å². The SMILES string of the molecule is O=C1c2ccccc2C(=O)N1/N=C/c1ccc(OC(F)F)cc1OC(F)F. The molecule has 6 nitrogen and oxygen atoms in total. The molecule has 0 unspecified atom stereocenters. The van der Waals surface area contributed by atoms with Crippen molar-refractivity contribution in [2.24, 2.45) is 5.10 Å². The number of hydrogen-bond donors (Lipinski definition) is 0. The normalized spacial score (nSPS) is 13.8. The van der Waals surface area contributed by atoms with Gasteiger partial charge in [0.25, 0.3) is 11.8 Å². The summed E-state index contributed by atoms with van der Waals surface area (Å²) in [5.41, 5.74) is 0.238. The summed E-state index contributed by atoms with van der Waals surface area (Å²) >= 11 is 0. The number of amides is 2. The molecular formula is C17H10F4N2O4. The van der Waals surface area contributed by atoms with E-state index in [-0.39, 0.29) is 16.7 Å². The van der Waals surface area contributed by atoms with Crippen LogP contribution in [0.25, 0.3) is 0 Å². The van der Waals surface area contributed by atoms with Gasteiger partial charge in [0.05, 0.1) is 17.3 Å². The standard InChI is InChI=1S/C17H10F4N2O4/c18-16(19)26-10-6-5-9(13(7-10)27-17(20)21)8-22-23-14(24)11-3-1-2-4-12(11)15(23)25/h1-8,16-17H/b22-8+. The van der Waals surface area contributed by atoms with Crippen molar-refractivity contribution in [1.82, 2.24) is 5.01 Å².